The minimum Gasteiger partial charge on any atom is -0.330 e. The Morgan fingerprint density at radius 1 is 1.16 bits per heavy atom. The maximum absolute atomic E-state index is 11.9. The molecule has 3 heteroatoms. The van der Waals surface area contributed by atoms with Crippen molar-refractivity contribution < 1.29 is 4.79 Å². The third kappa shape index (κ3) is 5.43. The van der Waals surface area contributed by atoms with Gasteiger partial charge in [-0.3, -0.25) is 4.79 Å². The number of hydrogen-bond donors (Lipinski definition) is 2. The summed E-state index contributed by atoms with van der Waals surface area (Å²) in [6, 6.07) is 8.13. The van der Waals surface area contributed by atoms with Gasteiger partial charge in [0.05, 0.1) is 0 Å². The molecule has 0 fully saturated rings. The van der Waals surface area contributed by atoms with E-state index in [0.29, 0.717) is 0 Å². The second kappa shape index (κ2) is 8.70. The number of carbonyl (C=O) groups is 1. The highest BCUT2D eigenvalue weighted by molar-refractivity contribution is 5.92. The number of carbonyl (C=O) groups excluding carboxylic acids is 1. The second-order valence-electron chi connectivity index (χ2n) is 4.95. The zero-order chi connectivity index (χ0) is 14.1. The van der Waals surface area contributed by atoms with Gasteiger partial charge in [0, 0.05) is 11.6 Å². The van der Waals surface area contributed by atoms with E-state index in [-0.39, 0.29) is 11.8 Å². The molecule has 1 rings (SSSR count). The van der Waals surface area contributed by atoms with Crippen LogP contribution in [-0.2, 0) is 11.2 Å². The number of nitrogens with two attached hydrogens (primary N) is 1. The van der Waals surface area contributed by atoms with Crippen LogP contribution in [0.15, 0.2) is 24.3 Å². The van der Waals surface area contributed by atoms with Gasteiger partial charge in [0.1, 0.15) is 0 Å². The molecule has 3 N–H and O–H groups in total. The minimum atomic E-state index is 0.115. The van der Waals surface area contributed by atoms with Crippen LogP contribution in [0.5, 0.6) is 0 Å². The molecule has 0 heterocycles. The van der Waals surface area contributed by atoms with E-state index >= 15 is 0 Å². The maximum Gasteiger partial charge on any atom is 0.227 e. The van der Waals surface area contributed by atoms with Gasteiger partial charge >= 0.3 is 0 Å². The predicted molar refractivity (Wildman–Crippen MR) is 81.1 cm³/mol. The third-order valence-electron chi connectivity index (χ3n) is 3.50. The topological polar surface area (TPSA) is 55.1 Å². The fraction of sp³-hybridized carbons (Fsp3) is 0.562. The molecule has 0 bridgehead atoms. The van der Waals surface area contributed by atoms with Gasteiger partial charge in [0.2, 0.25) is 5.91 Å². The van der Waals surface area contributed by atoms with Gasteiger partial charge in [-0.15, -0.1) is 0 Å². The van der Waals surface area contributed by atoms with E-state index in [2.05, 4.69) is 17.4 Å². The molecule has 3 nitrogen and oxygen atoms in total. The van der Waals surface area contributed by atoms with E-state index in [1.807, 2.05) is 26.0 Å². The molecule has 0 aromatic heterocycles. The van der Waals surface area contributed by atoms with Gasteiger partial charge in [0.25, 0.3) is 0 Å². The smallest absolute Gasteiger partial charge is 0.227 e. The summed E-state index contributed by atoms with van der Waals surface area (Å²) >= 11 is 0. The average molecular weight is 262 g/mol. The van der Waals surface area contributed by atoms with Crippen LogP contribution in [0.3, 0.4) is 0 Å². The molecule has 0 aliphatic heterocycles. The molecule has 0 unspecified atom stereocenters. The quantitative estimate of drug-likeness (QED) is 0.706. The number of benzene rings is 1. The van der Waals surface area contributed by atoms with Crippen LogP contribution in [0.1, 0.15) is 45.1 Å². The Balaban J connectivity index is 2.49. The van der Waals surface area contributed by atoms with E-state index in [0.717, 1.165) is 44.3 Å². The number of amides is 1. The normalized spacial score (nSPS) is 10.7. The van der Waals surface area contributed by atoms with E-state index in [1.54, 1.807) is 0 Å². The number of aryl methyl sites for hydroxylation is 1. The Morgan fingerprint density at radius 2 is 1.79 bits per heavy atom. The van der Waals surface area contributed by atoms with Crippen molar-refractivity contribution in [2.45, 2.75) is 46.0 Å². The Hall–Kier alpha value is -1.35. The van der Waals surface area contributed by atoms with Crippen molar-refractivity contribution >= 4 is 11.6 Å². The lowest BCUT2D eigenvalue weighted by molar-refractivity contribution is -0.120. The van der Waals surface area contributed by atoms with Crippen molar-refractivity contribution in [3.63, 3.8) is 0 Å². The summed E-state index contributed by atoms with van der Waals surface area (Å²) < 4.78 is 0. The van der Waals surface area contributed by atoms with Gasteiger partial charge in [0.15, 0.2) is 0 Å². The van der Waals surface area contributed by atoms with Crippen LogP contribution in [-0.4, -0.2) is 12.5 Å². The van der Waals surface area contributed by atoms with E-state index in [1.165, 1.54) is 5.56 Å². The highest BCUT2D eigenvalue weighted by Crippen LogP contribution is 2.15. The van der Waals surface area contributed by atoms with Crippen molar-refractivity contribution in [1.29, 1.82) is 0 Å². The van der Waals surface area contributed by atoms with Gasteiger partial charge in [-0.2, -0.15) is 0 Å². The number of anilines is 1. The molecule has 106 valence electrons. The highest BCUT2D eigenvalue weighted by Gasteiger charge is 2.13. The molecule has 1 aromatic carbocycles. The number of rotatable bonds is 8. The van der Waals surface area contributed by atoms with E-state index in [9.17, 15) is 4.79 Å². The summed E-state index contributed by atoms with van der Waals surface area (Å²) in [5.41, 5.74) is 7.67. The monoisotopic (exact) mass is 262 g/mol. The van der Waals surface area contributed by atoms with Crippen LogP contribution in [0.2, 0.25) is 0 Å². The Morgan fingerprint density at radius 3 is 2.32 bits per heavy atom. The lowest BCUT2D eigenvalue weighted by Crippen LogP contribution is -2.21. The van der Waals surface area contributed by atoms with Crippen molar-refractivity contribution in [2.24, 2.45) is 11.7 Å². The fourth-order valence-electron chi connectivity index (χ4n) is 2.13. The summed E-state index contributed by atoms with van der Waals surface area (Å²) in [7, 11) is 0. The summed E-state index contributed by atoms with van der Waals surface area (Å²) in [6.45, 7) is 4.85. The van der Waals surface area contributed by atoms with Crippen LogP contribution < -0.4 is 11.1 Å². The first kappa shape index (κ1) is 15.7. The van der Waals surface area contributed by atoms with Crippen molar-refractivity contribution in [3.8, 4) is 0 Å². The van der Waals surface area contributed by atoms with Crippen molar-refractivity contribution in [2.75, 3.05) is 11.9 Å². The molecule has 0 spiro atoms. The standard InChI is InChI=1S/C16H26N2O/c1-3-14(4-2)16(19)18-15-10-8-13(9-11-15)7-5-6-12-17/h8-11,14H,3-7,12,17H2,1-2H3,(H,18,19). The van der Waals surface area contributed by atoms with Crippen LogP contribution >= 0.6 is 0 Å². The summed E-state index contributed by atoms with van der Waals surface area (Å²) in [5.74, 6) is 0.241. The highest BCUT2D eigenvalue weighted by atomic mass is 16.1. The number of hydrogen-bond acceptors (Lipinski definition) is 2. The van der Waals surface area contributed by atoms with E-state index in [4.69, 9.17) is 5.73 Å². The molecule has 1 amide bonds. The molecule has 0 aliphatic rings. The largest absolute Gasteiger partial charge is 0.330 e. The molecular weight excluding hydrogens is 236 g/mol. The molecule has 0 atom stereocenters. The molecule has 0 saturated carbocycles. The summed E-state index contributed by atoms with van der Waals surface area (Å²) in [5, 5.41) is 2.98. The zero-order valence-corrected chi connectivity index (χ0v) is 12.1. The maximum atomic E-state index is 11.9. The lowest BCUT2D eigenvalue weighted by Gasteiger charge is -2.13. The number of unbranched alkanes of at least 4 members (excludes halogenated alkanes) is 1. The van der Waals surface area contributed by atoms with Crippen LogP contribution in [0.25, 0.3) is 0 Å². The van der Waals surface area contributed by atoms with Gasteiger partial charge in [-0.1, -0.05) is 26.0 Å². The third-order valence-corrected chi connectivity index (χ3v) is 3.50. The van der Waals surface area contributed by atoms with Crippen LogP contribution in [0, 0.1) is 5.92 Å². The van der Waals surface area contributed by atoms with Gasteiger partial charge < -0.3 is 11.1 Å². The molecule has 0 radical (unpaired) electrons. The first-order chi connectivity index (χ1) is 9.21. The summed E-state index contributed by atoms with van der Waals surface area (Å²) in [4.78, 5) is 11.9. The Bertz CT molecular complexity index is 369. The van der Waals surface area contributed by atoms with Crippen molar-refractivity contribution in [1.82, 2.24) is 0 Å². The molecule has 0 aliphatic carbocycles. The van der Waals surface area contributed by atoms with Gasteiger partial charge in [-0.05, 0) is 56.3 Å². The van der Waals surface area contributed by atoms with Crippen LogP contribution in [0.4, 0.5) is 5.69 Å². The molecular formula is C16H26N2O. The fourth-order valence-corrected chi connectivity index (χ4v) is 2.13. The Labute approximate surface area is 116 Å². The molecule has 19 heavy (non-hydrogen) atoms. The van der Waals surface area contributed by atoms with E-state index < -0.39 is 0 Å². The first-order valence-electron chi connectivity index (χ1n) is 7.31. The number of nitrogens with one attached hydrogen (secondary N) is 1. The second-order valence-corrected chi connectivity index (χ2v) is 4.95. The molecule has 1 aromatic rings. The molecule has 0 saturated heterocycles. The van der Waals surface area contributed by atoms with Gasteiger partial charge in [-0.25, -0.2) is 0 Å². The zero-order valence-electron chi connectivity index (χ0n) is 12.1. The SMILES string of the molecule is CCC(CC)C(=O)Nc1ccc(CCCCN)cc1. The van der Waals surface area contributed by atoms with Crippen molar-refractivity contribution in [3.05, 3.63) is 29.8 Å². The summed E-state index contributed by atoms with van der Waals surface area (Å²) in [6.07, 6.45) is 5.01. The minimum absolute atomic E-state index is 0.115. The first-order valence-corrected chi connectivity index (χ1v) is 7.31. The Kier molecular flexibility index (Phi) is 7.19. The predicted octanol–water partition coefficient (Wildman–Crippen LogP) is 3.34. The average Bonchev–Trinajstić information content (AvgIpc) is 2.42. The lowest BCUT2D eigenvalue weighted by atomic mass is 10.0.